The Morgan fingerprint density at radius 3 is 2.26 bits per heavy atom. The topological polar surface area (TPSA) is 42.2 Å². The van der Waals surface area contributed by atoms with E-state index in [1.807, 2.05) is 55.5 Å². The lowest BCUT2D eigenvalue weighted by atomic mass is 9.87. The molecule has 1 amide bonds. The predicted molar refractivity (Wildman–Crippen MR) is 94.0 cm³/mol. The maximum absolute atomic E-state index is 12.5. The Labute approximate surface area is 136 Å². The van der Waals surface area contributed by atoms with Gasteiger partial charge in [-0.2, -0.15) is 0 Å². The van der Waals surface area contributed by atoms with Gasteiger partial charge in [0.1, 0.15) is 5.58 Å². The summed E-state index contributed by atoms with van der Waals surface area (Å²) in [5.41, 5.74) is 3.69. The van der Waals surface area contributed by atoms with Gasteiger partial charge in [0.05, 0.1) is 0 Å². The van der Waals surface area contributed by atoms with E-state index in [1.54, 1.807) is 0 Å². The number of furan rings is 1. The number of fused-ring (bicyclic) bond motifs is 1. The molecule has 3 aromatic rings. The van der Waals surface area contributed by atoms with E-state index in [2.05, 4.69) is 26.1 Å². The fourth-order valence-corrected chi connectivity index (χ4v) is 2.63. The Bertz CT molecular complexity index is 851. The number of rotatable bonds is 2. The lowest BCUT2D eigenvalue weighted by Gasteiger charge is -2.19. The van der Waals surface area contributed by atoms with Gasteiger partial charge in [0.2, 0.25) is 0 Å². The van der Waals surface area contributed by atoms with Crippen molar-refractivity contribution in [3.8, 4) is 0 Å². The first-order valence-corrected chi connectivity index (χ1v) is 7.76. The van der Waals surface area contributed by atoms with E-state index in [1.165, 1.54) is 5.56 Å². The second-order valence-electron chi connectivity index (χ2n) is 6.83. The third-order valence-electron chi connectivity index (χ3n) is 4.06. The number of anilines is 1. The number of aryl methyl sites for hydroxylation is 1. The SMILES string of the molecule is Cc1c(C(=O)Nc2ccc(C(C)(C)C)cc2)oc2ccccc12. The Balaban J connectivity index is 1.85. The molecule has 0 bridgehead atoms. The van der Waals surface area contributed by atoms with Crippen LogP contribution in [0.1, 0.15) is 42.5 Å². The highest BCUT2D eigenvalue weighted by molar-refractivity contribution is 6.06. The number of nitrogens with one attached hydrogen (secondary N) is 1. The van der Waals surface area contributed by atoms with Gasteiger partial charge in [-0.05, 0) is 36.1 Å². The van der Waals surface area contributed by atoms with Gasteiger partial charge in [0.15, 0.2) is 5.76 Å². The normalized spacial score (nSPS) is 11.7. The van der Waals surface area contributed by atoms with Gasteiger partial charge in [-0.25, -0.2) is 0 Å². The van der Waals surface area contributed by atoms with Crippen molar-refractivity contribution in [3.05, 3.63) is 65.4 Å². The first-order valence-electron chi connectivity index (χ1n) is 7.76. The van der Waals surface area contributed by atoms with Crippen molar-refractivity contribution in [3.63, 3.8) is 0 Å². The number of para-hydroxylation sites is 1. The van der Waals surface area contributed by atoms with E-state index in [0.29, 0.717) is 5.76 Å². The Morgan fingerprint density at radius 1 is 1.00 bits per heavy atom. The summed E-state index contributed by atoms with van der Waals surface area (Å²) in [4.78, 5) is 12.5. The van der Waals surface area contributed by atoms with Gasteiger partial charge >= 0.3 is 0 Å². The molecule has 0 radical (unpaired) electrons. The van der Waals surface area contributed by atoms with Crippen molar-refractivity contribution in [2.75, 3.05) is 5.32 Å². The minimum atomic E-state index is -0.220. The third kappa shape index (κ3) is 3.00. The highest BCUT2D eigenvalue weighted by atomic mass is 16.3. The fourth-order valence-electron chi connectivity index (χ4n) is 2.63. The fraction of sp³-hybridized carbons (Fsp3) is 0.250. The predicted octanol–water partition coefficient (Wildman–Crippen LogP) is 5.29. The zero-order valence-corrected chi connectivity index (χ0v) is 13.9. The highest BCUT2D eigenvalue weighted by Gasteiger charge is 2.18. The standard InChI is InChI=1S/C20H21NO2/c1-13-16-7-5-6-8-17(16)23-18(13)19(22)21-15-11-9-14(10-12-15)20(2,3)4/h5-12H,1-4H3,(H,21,22). The van der Waals surface area contributed by atoms with Crippen LogP contribution in [-0.4, -0.2) is 5.91 Å². The smallest absolute Gasteiger partial charge is 0.291 e. The molecule has 0 aliphatic heterocycles. The molecule has 0 fully saturated rings. The van der Waals surface area contributed by atoms with E-state index in [-0.39, 0.29) is 11.3 Å². The Kier molecular flexibility index (Phi) is 3.72. The molecule has 0 unspecified atom stereocenters. The van der Waals surface area contributed by atoms with Crippen LogP contribution in [0.5, 0.6) is 0 Å². The molecule has 3 heteroatoms. The average molecular weight is 307 g/mol. The summed E-state index contributed by atoms with van der Waals surface area (Å²) >= 11 is 0. The molecule has 2 aromatic carbocycles. The van der Waals surface area contributed by atoms with Crippen LogP contribution in [-0.2, 0) is 5.41 Å². The molecular weight excluding hydrogens is 286 g/mol. The molecule has 1 heterocycles. The van der Waals surface area contributed by atoms with Crippen molar-refractivity contribution in [2.24, 2.45) is 0 Å². The van der Waals surface area contributed by atoms with Crippen molar-refractivity contribution in [2.45, 2.75) is 33.1 Å². The van der Waals surface area contributed by atoms with Crippen LogP contribution in [0.2, 0.25) is 0 Å². The number of benzene rings is 2. The van der Waals surface area contributed by atoms with Gasteiger partial charge in [0, 0.05) is 16.6 Å². The number of carbonyl (C=O) groups is 1. The molecule has 23 heavy (non-hydrogen) atoms. The zero-order valence-electron chi connectivity index (χ0n) is 13.9. The zero-order chi connectivity index (χ0) is 16.6. The molecule has 0 saturated carbocycles. The lowest BCUT2D eigenvalue weighted by molar-refractivity contribution is 0.0998. The molecule has 1 aromatic heterocycles. The summed E-state index contributed by atoms with van der Waals surface area (Å²) in [7, 11) is 0. The van der Waals surface area contributed by atoms with Crippen molar-refractivity contribution in [1.29, 1.82) is 0 Å². The largest absolute Gasteiger partial charge is 0.451 e. The summed E-state index contributed by atoms with van der Waals surface area (Å²) in [5, 5.41) is 3.88. The monoisotopic (exact) mass is 307 g/mol. The number of hydrogen-bond acceptors (Lipinski definition) is 2. The van der Waals surface area contributed by atoms with Gasteiger partial charge < -0.3 is 9.73 Å². The lowest BCUT2D eigenvalue weighted by Crippen LogP contribution is -2.13. The second kappa shape index (κ2) is 5.58. The van der Waals surface area contributed by atoms with Gasteiger partial charge in [0.25, 0.3) is 5.91 Å². The van der Waals surface area contributed by atoms with Crippen LogP contribution in [0.4, 0.5) is 5.69 Å². The van der Waals surface area contributed by atoms with Crippen molar-refractivity contribution >= 4 is 22.6 Å². The molecule has 0 atom stereocenters. The van der Waals surface area contributed by atoms with E-state index in [0.717, 1.165) is 22.2 Å². The van der Waals surface area contributed by atoms with Crippen LogP contribution < -0.4 is 5.32 Å². The number of hydrogen-bond donors (Lipinski definition) is 1. The molecule has 118 valence electrons. The van der Waals surface area contributed by atoms with Crippen LogP contribution >= 0.6 is 0 Å². The van der Waals surface area contributed by atoms with Crippen LogP contribution in [0, 0.1) is 6.92 Å². The van der Waals surface area contributed by atoms with Crippen molar-refractivity contribution in [1.82, 2.24) is 0 Å². The summed E-state index contributed by atoms with van der Waals surface area (Å²) in [5.74, 6) is 0.147. The number of carbonyl (C=O) groups excluding carboxylic acids is 1. The Morgan fingerprint density at radius 2 is 1.65 bits per heavy atom. The van der Waals surface area contributed by atoms with Crippen LogP contribution in [0.25, 0.3) is 11.0 Å². The highest BCUT2D eigenvalue weighted by Crippen LogP contribution is 2.27. The minimum Gasteiger partial charge on any atom is -0.451 e. The Hall–Kier alpha value is -2.55. The van der Waals surface area contributed by atoms with E-state index in [4.69, 9.17) is 4.42 Å². The molecule has 0 aliphatic rings. The van der Waals surface area contributed by atoms with E-state index in [9.17, 15) is 4.79 Å². The van der Waals surface area contributed by atoms with Crippen molar-refractivity contribution < 1.29 is 9.21 Å². The summed E-state index contributed by atoms with van der Waals surface area (Å²) in [6, 6.07) is 15.6. The minimum absolute atomic E-state index is 0.0951. The van der Waals surface area contributed by atoms with Gasteiger partial charge in [-0.15, -0.1) is 0 Å². The molecule has 0 spiro atoms. The van der Waals surface area contributed by atoms with E-state index >= 15 is 0 Å². The molecule has 3 rings (SSSR count). The number of amides is 1. The molecule has 0 saturated heterocycles. The average Bonchev–Trinajstić information content (AvgIpc) is 2.85. The quantitative estimate of drug-likeness (QED) is 0.699. The van der Waals surface area contributed by atoms with Gasteiger partial charge in [-0.3, -0.25) is 4.79 Å². The van der Waals surface area contributed by atoms with E-state index < -0.39 is 0 Å². The maximum Gasteiger partial charge on any atom is 0.291 e. The van der Waals surface area contributed by atoms with Crippen LogP contribution in [0.3, 0.4) is 0 Å². The third-order valence-corrected chi connectivity index (χ3v) is 4.06. The first-order chi connectivity index (χ1) is 10.9. The molecular formula is C20H21NO2. The molecule has 1 N–H and O–H groups in total. The van der Waals surface area contributed by atoms with Gasteiger partial charge in [-0.1, -0.05) is 51.1 Å². The van der Waals surface area contributed by atoms with Crippen LogP contribution in [0.15, 0.2) is 52.9 Å². The summed E-state index contributed by atoms with van der Waals surface area (Å²) in [6.45, 7) is 8.40. The second-order valence-corrected chi connectivity index (χ2v) is 6.83. The first kappa shape index (κ1) is 15.3. The molecule has 0 aliphatic carbocycles. The summed E-state index contributed by atoms with van der Waals surface area (Å²) < 4.78 is 5.70. The molecule has 3 nitrogen and oxygen atoms in total. The summed E-state index contributed by atoms with van der Waals surface area (Å²) in [6.07, 6.45) is 0. The maximum atomic E-state index is 12.5.